The Morgan fingerprint density at radius 3 is 2.17 bits per heavy atom. The van der Waals surface area contributed by atoms with Gasteiger partial charge >= 0.3 is 0 Å². The zero-order valence-corrected chi connectivity index (χ0v) is 14.3. The first kappa shape index (κ1) is 17.3. The fourth-order valence-electron chi connectivity index (χ4n) is 1.96. The molecular weight excluding hydrogens is 338 g/mol. The average molecular weight is 354 g/mol. The van der Waals surface area contributed by atoms with Gasteiger partial charge in [0.1, 0.15) is 24.3 Å². The molecule has 0 N–H and O–H groups in total. The highest BCUT2D eigenvalue weighted by Gasteiger charge is 2.20. The summed E-state index contributed by atoms with van der Waals surface area (Å²) >= 11 is 5.85. The minimum atomic E-state index is -3.56. The third kappa shape index (κ3) is 4.46. The van der Waals surface area contributed by atoms with E-state index in [0.717, 1.165) is 0 Å². The normalized spacial score (nSPS) is 12.0. The van der Waals surface area contributed by atoms with Gasteiger partial charge in [0.05, 0.1) is 12.0 Å². The van der Waals surface area contributed by atoms with Gasteiger partial charge in [-0.25, -0.2) is 8.42 Å². The Hall–Kier alpha value is -2.05. The standard InChI is InChI=1S/C16H16ClNO4S/c1-21-14-7-9-15(10-8-14)23(19,20)11-16(18-22-2)12-3-5-13(17)6-4-12/h3-10H,11H2,1-2H3/b18-16+. The minimum absolute atomic E-state index is 0.191. The zero-order chi connectivity index (χ0) is 16.9. The van der Waals surface area contributed by atoms with Crippen LogP contribution in [-0.2, 0) is 14.7 Å². The van der Waals surface area contributed by atoms with Crippen molar-refractivity contribution in [3.05, 3.63) is 59.1 Å². The maximum atomic E-state index is 12.6. The Morgan fingerprint density at radius 1 is 1.04 bits per heavy atom. The van der Waals surface area contributed by atoms with Crippen molar-refractivity contribution in [2.75, 3.05) is 20.0 Å². The molecule has 0 aromatic heterocycles. The molecule has 0 aliphatic heterocycles. The van der Waals surface area contributed by atoms with Gasteiger partial charge in [-0.05, 0) is 36.4 Å². The van der Waals surface area contributed by atoms with Gasteiger partial charge in [-0.2, -0.15) is 0 Å². The lowest BCUT2D eigenvalue weighted by Crippen LogP contribution is -2.17. The number of sulfone groups is 1. The Kier molecular flexibility index (Phi) is 5.63. The lowest BCUT2D eigenvalue weighted by atomic mass is 10.1. The smallest absolute Gasteiger partial charge is 0.184 e. The molecular formula is C16H16ClNO4S. The molecule has 2 aromatic carbocycles. The van der Waals surface area contributed by atoms with Crippen molar-refractivity contribution >= 4 is 27.1 Å². The summed E-state index contributed by atoms with van der Waals surface area (Å²) in [6.07, 6.45) is 0. The SMILES string of the molecule is CO/N=C(\CS(=O)(=O)c1ccc(OC)cc1)c1ccc(Cl)cc1. The average Bonchev–Trinajstić information content (AvgIpc) is 2.55. The summed E-state index contributed by atoms with van der Waals surface area (Å²) in [4.78, 5) is 4.97. The number of methoxy groups -OCH3 is 1. The maximum Gasteiger partial charge on any atom is 0.184 e. The Balaban J connectivity index is 2.31. The quantitative estimate of drug-likeness (QED) is 0.591. The van der Waals surface area contributed by atoms with Gasteiger partial charge in [0.15, 0.2) is 9.84 Å². The topological polar surface area (TPSA) is 65.0 Å². The molecule has 0 atom stereocenters. The number of oxime groups is 1. The summed E-state index contributed by atoms with van der Waals surface area (Å²) in [5.41, 5.74) is 0.938. The molecule has 2 aromatic rings. The van der Waals surface area contributed by atoms with Crippen molar-refractivity contribution in [3.8, 4) is 5.75 Å². The number of hydrogen-bond acceptors (Lipinski definition) is 5. The largest absolute Gasteiger partial charge is 0.497 e. The van der Waals surface area contributed by atoms with Crippen molar-refractivity contribution in [3.63, 3.8) is 0 Å². The van der Waals surface area contributed by atoms with Crippen molar-refractivity contribution in [2.45, 2.75) is 4.90 Å². The third-order valence-corrected chi connectivity index (χ3v) is 5.02. The lowest BCUT2D eigenvalue weighted by Gasteiger charge is -2.08. The van der Waals surface area contributed by atoms with Gasteiger partial charge in [-0.1, -0.05) is 28.9 Å². The fraction of sp³-hybridized carbons (Fsp3) is 0.188. The number of nitrogens with zero attached hydrogens (tertiary/aromatic N) is 1. The highest BCUT2D eigenvalue weighted by Crippen LogP contribution is 2.19. The molecule has 2 rings (SSSR count). The predicted molar refractivity (Wildman–Crippen MR) is 90.0 cm³/mol. The van der Waals surface area contributed by atoms with Crippen LogP contribution in [0.25, 0.3) is 0 Å². The van der Waals surface area contributed by atoms with Gasteiger partial charge < -0.3 is 9.57 Å². The highest BCUT2D eigenvalue weighted by atomic mass is 35.5. The molecule has 0 bridgehead atoms. The molecule has 7 heteroatoms. The molecule has 5 nitrogen and oxygen atoms in total. The first-order chi connectivity index (χ1) is 11.0. The predicted octanol–water partition coefficient (Wildman–Crippen LogP) is 3.17. The molecule has 0 spiro atoms. The number of benzene rings is 2. The lowest BCUT2D eigenvalue weighted by molar-refractivity contribution is 0.213. The van der Waals surface area contributed by atoms with E-state index in [2.05, 4.69) is 5.16 Å². The second-order valence-corrected chi connectivity index (χ2v) is 7.09. The molecule has 0 saturated heterocycles. The van der Waals surface area contributed by atoms with E-state index in [1.807, 2.05) is 0 Å². The van der Waals surface area contributed by atoms with E-state index >= 15 is 0 Å². The van der Waals surface area contributed by atoms with Crippen LogP contribution in [0.2, 0.25) is 5.02 Å². The van der Waals surface area contributed by atoms with Crippen LogP contribution >= 0.6 is 11.6 Å². The van der Waals surface area contributed by atoms with E-state index in [1.54, 1.807) is 36.4 Å². The van der Waals surface area contributed by atoms with Gasteiger partial charge in [0.25, 0.3) is 0 Å². The number of halogens is 1. The molecule has 122 valence electrons. The first-order valence-electron chi connectivity index (χ1n) is 6.69. The van der Waals surface area contributed by atoms with Crippen molar-refractivity contribution in [1.82, 2.24) is 0 Å². The van der Waals surface area contributed by atoms with Crippen LogP contribution in [-0.4, -0.2) is 34.1 Å². The summed E-state index contributed by atoms with van der Waals surface area (Å²) < 4.78 is 30.1. The number of ether oxygens (including phenoxy) is 1. The summed E-state index contributed by atoms with van der Waals surface area (Å²) in [6, 6.07) is 12.9. The van der Waals surface area contributed by atoms with Crippen LogP contribution in [0.15, 0.2) is 58.6 Å². The van der Waals surface area contributed by atoms with Crippen LogP contribution < -0.4 is 4.74 Å². The minimum Gasteiger partial charge on any atom is -0.497 e. The van der Waals surface area contributed by atoms with E-state index in [-0.39, 0.29) is 10.6 Å². The van der Waals surface area contributed by atoms with E-state index in [0.29, 0.717) is 22.0 Å². The second kappa shape index (κ2) is 7.48. The zero-order valence-electron chi connectivity index (χ0n) is 12.7. The Labute approximate surface area is 140 Å². The molecule has 0 unspecified atom stereocenters. The monoisotopic (exact) mass is 353 g/mol. The maximum absolute atomic E-state index is 12.6. The molecule has 0 aliphatic rings. The fourth-order valence-corrected chi connectivity index (χ4v) is 3.38. The molecule has 0 aliphatic carbocycles. The van der Waals surface area contributed by atoms with Gasteiger partial charge in [-0.3, -0.25) is 0 Å². The molecule has 23 heavy (non-hydrogen) atoms. The summed E-state index contributed by atoms with van der Waals surface area (Å²) in [6.45, 7) is 0. The van der Waals surface area contributed by atoms with Gasteiger partial charge in [0, 0.05) is 10.6 Å². The molecule has 0 fully saturated rings. The number of rotatable bonds is 6. The summed E-state index contributed by atoms with van der Waals surface area (Å²) in [5, 5.41) is 4.40. The molecule has 0 amide bonds. The van der Waals surface area contributed by atoms with Crippen LogP contribution in [0.3, 0.4) is 0 Å². The van der Waals surface area contributed by atoms with Gasteiger partial charge in [0.2, 0.25) is 0 Å². The van der Waals surface area contributed by atoms with E-state index in [9.17, 15) is 8.42 Å². The summed E-state index contributed by atoms with van der Waals surface area (Å²) in [5.74, 6) is 0.307. The molecule has 0 saturated carbocycles. The second-order valence-electron chi connectivity index (χ2n) is 4.66. The van der Waals surface area contributed by atoms with E-state index in [1.165, 1.54) is 26.4 Å². The molecule has 0 heterocycles. The van der Waals surface area contributed by atoms with E-state index in [4.69, 9.17) is 21.2 Å². The van der Waals surface area contributed by atoms with Crippen molar-refractivity contribution in [1.29, 1.82) is 0 Å². The van der Waals surface area contributed by atoms with Crippen LogP contribution in [0.5, 0.6) is 5.75 Å². The Morgan fingerprint density at radius 2 is 1.65 bits per heavy atom. The van der Waals surface area contributed by atoms with Crippen LogP contribution in [0, 0.1) is 0 Å². The van der Waals surface area contributed by atoms with Crippen molar-refractivity contribution in [2.24, 2.45) is 5.16 Å². The van der Waals surface area contributed by atoms with E-state index < -0.39 is 9.84 Å². The first-order valence-corrected chi connectivity index (χ1v) is 8.72. The Bertz CT molecular complexity index is 784. The summed E-state index contributed by atoms with van der Waals surface area (Å²) in [7, 11) is -0.672. The van der Waals surface area contributed by atoms with Crippen LogP contribution in [0.1, 0.15) is 5.56 Å². The highest BCUT2D eigenvalue weighted by molar-refractivity contribution is 7.92. The van der Waals surface area contributed by atoms with Crippen molar-refractivity contribution < 1.29 is 18.0 Å². The number of hydrogen-bond donors (Lipinski definition) is 0. The van der Waals surface area contributed by atoms with Gasteiger partial charge in [-0.15, -0.1) is 0 Å². The van der Waals surface area contributed by atoms with Crippen LogP contribution in [0.4, 0.5) is 0 Å². The third-order valence-electron chi connectivity index (χ3n) is 3.12. The molecule has 0 radical (unpaired) electrons.